The molecule has 6 nitrogen and oxygen atoms in total. The van der Waals surface area contributed by atoms with Gasteiger partial charge < -0.3 is 19.9 Å². The number of carbonyl (C=O) groups is 2. The molecule has 0 spiro atoms. The Morgan fingerprint density at radius 2 is 1.90 bits per heavy atom. The van der Waals surface area contributed by atoms with Crippen LogP contribution in [0.2, 0.25) is 0 Å². The van der Waals surface area contributed by atoms with Gasteiger partial charge in [0.15, 0.2) is 5.54 Å². The minimum atomic E-state index is -1.12. The van der Waals surface area contributed by atoms with Crippen molar-refractivity contribution in [2.75, 3.05) is 26.2 Å². The number of β-amino-alcohol motifs (C(OH)–C–C–N with tert-alkyl or cyclic N) is 1. The molecule has 0 aliphatic carbocycles. The van der Waals surface area contributed by atoms with Crippen LogP contribution in [0.25, 0.3) is 10.9 Å². The lowest BCUT2D eigenvalue weighted by molar-refractivity contribution is -0.166. The van der Waals surface area contributed by atoms with Crippen LogP contribution in [-0.4, -0.2) is 57.9 Å². The van der Waals surface area contributed by atoms with E-state index in [9.17, 15) is 14.7 Å². The summed E-state index contributed by atoms with van der Waals surface area (Å²) < 4.78 is 0.995. The highest BCUT2D eigenvalue weighted by Crippen LogP contribution is 2.48. The molecule has 1 saturated heterocycles. The Bertz CT molecular complexity index is 1160. The number of hydrogen-bond acceptors (Lipinski definition) is 3. The number of aliphatic hydroxyl groups is 1. The van der Waals surface area contributed by atoms with Crippen molar-refractivity contribution in [2.45, 2.75) is 18.4 Å². The first-order valence-corrected chi connectivity index (χ1v) is 10.8. The van der Waals surface area contributed by atoms with Gasteiger partial charge in [0.25, 0.3) is 5.91 Å². The van der Waals surface area contributed by atoms with Crippen LogP contribution in [0.3, 0.4) is 0 Å². The number of piperazine rings is 1. The lowest BCUT2D eigenvalue weighted by atomic mass is 9.76. The minimum Gasteiger partial charge on any atom is -0.395 e. The average molecular weight is 468 g/mol. The van der Waals surface area contributed by atoms with Gasteiger partial charge >= 0.3 is 0 Å². The first kappa shape index (κ1) is 19.3. The van der Waals surface area contributed by atoms with E-state index in [-0.39, 0.29) is 37.4 Å². The van der Waals surface area contributed by atoms with Crippen molar-refractivity contribution in [1.82, 2.24) is 14.8 Å². The molecular formula is C23H22BrN3O3. The second-order valence-corrected chi connectivity index (χ2v) is 9.01. The number of nitrogens with one attached hydrogen (secondary N) is 1. The SMILES string of the molecule is CC12C(=O)N(CCO)CC(=O)N1CC(c1ccc(Br)cc1)c1c2[nH]c2ccccc12. The van der Waals surface area contributed by atoms with E-state index < -0.39 is 5.54 Å². The molecule has 3 aromatic rings. The molecule has 2 amide bonds. The molecule has 7 heteroatoms. The fourth-order valence-electron chi connectivity index (χ4n) is 4.97. The summed E-state index contributed by atoms with van der Waals surface area (Å²) in [5, 5.41) is 10.5. The summed E-state index contributed by atoms with van der Waals surface area (Å²) >= 11 is 3.49. The van der Waals surface area contributed by atoms with Crippen LogP contribution in [0.1, 0.15) is 29.7 Å². The second kappa shape index (κ2) is 6.96. The van der Waals surface area contributed by atoms with Gasteiger partial charge in [-0.25, -0.2) is 0 Å². The lowest BCUT2D eigenvalue weighted by Gasteiger charge is -2.51. The smallest absolute Gasteiger partial charge is 0.255 e. The molecule has 2 aromatic carbocycles. The zero-order valence-electron chi connectivity index (χ0n) is 16.6. The topological polar surface area (TPSA) is 76.6 Å². The monoisotopic (exact) mass is 467 g/mol. The minimum absolute atomic E-state index is 0.00238. The molecule has 5 rings (SSSR count). The third-order valence-corrected chi connectivity index (χ3v) is 6.99. The molecule has 2 N–H and O–H groups in total. The van der Waals surface area contributed by atoms with E-state index in [1.165, 1.54) is 4.90 Å². The molecular weight excluding hydrogens is 446 g/mol. The number of halogens is 1. The van der Waals surface area contributed by atoms with Crippen LogP contribution < -0.4 is 0 Å². The van der Waals surface area contributed by atoms with E-state index in [1.807, 2.05) is 37.3 Å². The van der Waals surface area contributed by atoms with Crippen molar-refractivity contribution in [3.63, 3.8) is 0 Å². The number of rotatable bonds is 3. The normalized spacial score (nSPS) is 23.6. The van der Waals surface area contributed by atoms with Crippen LogP contribution in [-0.2, 0) is 15.1 Å². The molecule has 2 aliphatic rings. The number of aromatic amines is 1. The van der Waals surface area contributed by atoms with Gasteiger partial charge in [-0.2, -0.15) is 0 Å². The molecule has 3 heterocycles. The van der Waals surface area contributed by atoms with Crippen molar-refractivity contribution >= 4 is 38.6 Å². The molecule has 2 unspecified atom stereocenters. The molecule has 2 atom stereocenters. The van der Waals surface area contributed by atoms with Gasteiger partial charge in [-0.3, -0.25) is 9.59 Å². The zero-order chi connectivity index (χ0) is 21.0. The quantitative estimate of drug-likeness (QED) is 0.621. The van der Waals surface area contributed by atoms with E-state index in [0.29, 0.717) is 6.54 Å². The Kier molecular flexibility index (Phi) is 4.48. The highest BCUT2D eigenvalue weighted by atomic mass is 79.9. The maximum absolute atomic E-state index is 13.5. The predicted octanol–water partition coefficient (Wildman–Crippen LogP) is 2.95. The summed E-state index contributed by atoms with van der Waals surface area (Å²) in [6.45, 7) is 2.24. The van der Waals surface area contributed by atoms with E-state index in [0.717, 1.165) is 32.2 Å². The van der Waals surface area contributed by atoms with Gasteiger partial charge in [0.2, 0.25) is 5.91 Å². The van der Waals surface area contributed by atoms with Gasteiger partial charge in [-0.1, -0.05) is 46.3 Å². The van der Waals surface area contributed by atoms with Crippen molar-refractivity contribution < 1.29 is 14.7 Å². The van der Waals surface area contributed by atoms with Gasteiger partial charge in [-0.15, -0.1) is 0 Å². The van der Waals surface area contributed by atoms with Crippen molar-refractivity contribution in [3.05, 3.63) is 69.8 Å². The Balaban J connectivity index is 1.76. The summed E-state index contributed by atoms with van der Waals surface area (Å²) in [7, 11) is 0. The van der Waals surface area contributed by atoms with Crippen molar-refractivity contribution in [3.8, 4) is 0 Å². The molecule has 2 aliphatic heterocycles. The van der Waals surface area contributed by atoms with E-state index >= 15 is 0 Å². The summed E-state index contributed by atoms with van der Waals surface area (Å²) in [5.74, 6) is -0.298. The highest BCUT2D eigenvalue weighted by Gasteiger charge is 2.56. The number of H-pyrrole nitrogens is 1. The van der Waals surface area contributed by atoms with Crippen LogP contribution in [0, 0.1) is 0 Å². The number of aromatic nitrogens is 1. The van der Waals surface area contributed by atoms with Crippen LogP contribution in [0.5, 0.6) is 0 Å². The first-order chi connectivity index (χ1) is 14.4. The Labute approximate surface area is 182 Å². The van der Waals surface area contributed by atoms with Gasteiger partial charge in [0.1, 0.15) is 0 Å². The fraction of sp³-hybridized carbons (Fsp3) is 0.304. The van der Waals surface area contributed by atoms with E-state index in [4.69, 9.17) is 0 Å². The van der Waals surface area contributed by atoms with Gasteiger partial charge in [-0.05, 0) is 36.2 Å². The van der Waals surface area contributed by atoms with E-state index in [2.05, 4.69) is 39.1 Å². The number of aliphatic hydroxyl groups excluding tert-OH is 1. The summed E-state index contributed by atoms with van der Waals surface area (Å²) in [6.07, 6.45) is 0. The Morgan fingerprint density at radius 3 is 2.63 bits per heavy atom. The molecule has 154 valence electrons. The number of amides is 2. The maximum Gasteiger partial charge on any atom is 0.255 e. The highest BCUT2D eigenvalue weighted by molar-refractivity contribution is 9.10. The largest absolute Gasteiger partial charge is 0.395 e. The predicted molar refractivity (Wildman–Crippen MR) is 117 cm³/mol. The number of nitrogens with zero attached hydrogens (tertiary/aromatic N) is 2. The summed E-state index contributed by atoms with van der Waals surface area (Å²) in [6, 6.07) is 16.2. The molecule has 1 aromatic heterocycles. The molecule has 30 heavy (non-hydrogen) atoms. The number of hydrogen-bond donors (Lipinski definition) is 2. The third kappa shape index (κ3) is 2.65. The summed E-state index contributed by atoms with van der Waals surface area (Å²) in [4.78, 5) is 33.3. The fourth-order valence-corrected chi connectivity index (χ4v) is 5.24. The number of benzene rings is 2. The first-order valence-electron chi connectivity index (χ1n) is 10.0. The lowest BCUT2D eigenvalue weighted by Crippen LogP contribution is -2.67. The van der Waals surface area contributed by atoms with Crippen molar-refractivity contribution in [2.24, 2.45) is 0 Å². The number of fused-ring (bicyclic) bond motifs is 5. The van der Waals surface area contributed by atoms with Gasteiger partial charge in [0, 0.05) is 34.4 Å². The van der Waals surface area contributed by atoms with Gasteiger partial charge in [0.05, 0.1) is 18.8 Å². The van der Waals surface area contributed by atoms with Crippen LogP contribution >= 0.6 is 15.9 Å². The molecule has 0 saturated carbocycles. The number of carbonyl (C=O) groups excluding carboxylic acids is 2. The maximum atomic E-state index is 13.5. The number of para-hydroxylation sites is 1. The van der Waals surface area contributed by atoms with Crippen LogP contribution in [0.15, 0.2) is 53.0 Å². The van der Waals surface area contributed by atoms with Crippen molar-refractivity contribution in [1.29, 1.82) is 0 Å². The van der Waals surface area contributed by atoms with E-state index in [1.54, 1.807) is 4.90 Å². The average Bonchev–Trinajstić information content (AvgIpc) is 3.14. The third-order valence-electron chi connectivity index (χ3n) is 6.46. The second-order valence-electron chi connectivity index (χ2n) is 8.09. The molecule has 0 bridgehead atoms. The Hall–Kier alpha value is -2.64. The zero-order valence-corrected chi connectivity index (χ0v) is 18.1. The standard InChI is InChI=1S/C23H22BrN3O3/c1-23-21-20(16-4-2-3-5-18(16)25-21)17(14-6-8-15(24)9-7-14)12-27(23)19(29)13-26(10-11-28)22(23)30/h2-9,17,25,28H,10-13H2,1H3. The Morgan fingerprint density at radius 1 is 1.17 bits per heavy atom. The summed E-state index contributed by atoms with van der Waals surface area (Å²) in [5.41, 5.74) is 2.77. The molecule has 0 radical (unpaired) electrons. The van der Waals surface area contributed by atoms with Crippen LogP contribution in [0.4, 0.5) is 0 Å². The molecule has 1 fully saturated rings.